The van der Waals surface area contributed by atoms with Gasteiger partial charge in [-0.1, -0.05) is 28.1 Å². The number of alkyl halides is 2. The van der Waals surface area contributed by atoms with Gasteiger partial charge in [0.15, 0.2) is 0 Å². The first-order valence-corrected chi connectivity index (χ1v) is 4.58. The van der Waals surface area contributed by atoms with Crippen LogP contribution in [0.25, 0.3) is 5.57 Å². The van der Waals surface area contributed by atoms with Gasteiger partial charge in [0.2, 0.25) is 0 Å². The van der Waals surface area contributed by atoms with Gasteiger partial charge in [-0.15, -0.1) is 0 Å². The Morgan fingerprint density at radius 1 is 1.36 bits per heavy atom. The van der Waals surface area contributed by atoms with Gasteiger partial charge in [-0.25, -0.2) is 8.78 Å². The molecule has 0 aliphatic carbocycles. The average molecular weight is 259 g/mol. The molecule has 0 aliphatic heterocycles. The number of hydrogen-bond donors (Lipinski definition) is 0. The highest BCUT2D eigenvalue weighted by Gasteiger charge is 2.12. The average Bonchev–Trinajstić information content (AvgIpc) is 2.15. The lowest BCUT2D eigenvalue weighted by Crippen LogP contribution is -1.95. The van der Waals surface area contributed by atoms with Crippen LogP contribution in [0, 0.1) is 11.3 Å². The summed E-state index contributed by atoms with van der Waals surface area (Å²) in [6.45, 7) is 0. The monoisotopic (exact) mass is 258 g/mol. The summed E-state index contributed by atoms with van der Waals surface area (Å²) >= 11 is 3.20. The maximum Gasteiger partial charge on any atom is 0.265 e. The number of allylic oxidation sites excluding steroid dienone is 2. The van der Waals surface area contributed by atoms with Crippen molar-refractivity contribution < 1.29 is 8.78 Å². The number of rotatable bonds is 2. The standard InChI is InChI=1S/C10H6BrF2N/c11-8-3-1-7(2-4-8)9(5-6-14)10(12)13/h1-5,10H/i6+1. The summed E-state index contributed by atoms with van der Waals surface area (Å²) in [5.41, 5.74) is 0.116. The van der Waals surface area contributed by atoms with E-state index in [9.17, 15) is 8.78 Å². The van der Waals surface area contributed by atoms with Crippen LogP contribution in [0.2, 0.25) is 0 Å². The number of nitrogens with zero attached hydrogens (tertiary/aromatic N) is 1. The SMILES string of the molecule is N#[13C]C=C(c1ccc(Br)cc1)C(F)F. The molecule has 0 radical (unpaired) electrons. The molecule has 0 fully saturated rings. The Hall–Kier alpha value is -1.21. The van der Waals surface area contributed by atoms with Gasteiger partial charge in [-0.05, 0) is 17.7 Å². The highest BCUT2D eigenvalue weighted by molar-refractivity contribution is 9.10. The van der Waals surface area contributed by atoms with E-state index in [0.29, 0.717) is 5.56 Å². The van der Waals surface area contributed by atoms with Gasteiger partial charge < -0.3 is 0 Å². The van der Waals surface area contributed by atoms with Crippen LogP contribution in [0.3, 0.4) is 0 Å². The molecular formula is C10H6BrF2N. The van der Waals surface area contributed by atoms with E-state index >= 15 is 0 Å². The van der Waals surface area contributed by atoms with Gasteiger partial charge >= 0.3 is 0 Å². The molecule has 1 aromatic carbocycles. The highest BCUT2D eigenvalue weighted by atomic mass is 79.9. The molecule has 1 aromatic rings. The fraction of sp³-hybridized carbons (Fsp3) is 0.100. The third-order valence-electron chi connectivity index (χ3n) is 1.63. The van der Waals surface area contributed by atoms with Crippen molar-refractivity contribution >= 4 is 21.5 Å². The summed E-state index contributed by atoms with van der Waals surface area (Å²) in [7, 11) is 0. The highest BCUT2D eigenvalue weighted by Crippen LogP contribution is 2.23. The van der Waals surface area contributed by atoms with Gasteiger partial charge in [0, 0.05) is 16.1 Å². The molecule has 0 spiro atoms. The van der Waals surface area contributed by atoms with Crippen molar-refractivity contribution in [1.29, 1.82) is 5.26 Å². The second-order valence-corrected chi connectivity index (χ2v) is 3.45. The first-order valence-electron chi connectivity index (χ1n) is 3.79. The second kappa shape index (κ2) is 4.87. The summed E-state index contributed by atoms with van der Waals surface area (Å²) in [6.07, 6.45) is -1.76. The van der Waals surface area contributed by atoms with Crippen molar-refractivity contribution in [2.75, 3.05) is 0 Å². The summed E-state index contributed by atoms with van der Waals surface area (Å²) in [4.78, 5) is 0. The predicted molar refractivity (Wildman–Crippen MR) is 53.7 cm³/mol. The minimum Gasteiger partial charge on any atom is -0.205 e. The first-order chi connectivity index (χ1) is 6.65. The molecule has 0 saturated heterocycles. The van der Waals surface area contributed by atoms with E-state index in [1.165, 1.54) is 0 Å². The lowest BCUT2D eigenvalue weighted by Gasteiger charge is -2.04. The third-order valence-corrected chi connectivity index (χ3v) is 2.16. The topological polar surface area (TPSA) is 23.8 Å². The maximum absolute atomic E-state index is 12.4. The quantitative estimate of drug-likeness (QED) is 0.587. The third kappa shape index (κ3) is 2.64. The lowest BCUT2D eigenvalue weighted by atomic mass is 10.1. The predicted octanol–water partition coefficient (Wildman–Crippen LogP) is 3.62. The molecule has 0 N–H and O–H groups in total. The minimum atomic E-state index is -2.63. The Balaban J connectivity index is 3.08. The van der Waals surface area contributed by atoms with Gasteiger partial charge in [0.05, 0.1) is 6.07 Å². The molecule has 4 heteroatoms. The normalized spacial score (nSPS) is 11.5. The van der Waals surface area contributed by atoms with Crippen molar-refractivity contribution in [1.82, 2.24) is 0 Å². The molecule has 0 bridgehead atoms. The van der Waals surface area contributed by atoms with Gasteiger partial charge in [-0.2, -0.15) is 5.26 Å². The molecule has 14 heavy (non-hydrogen) atoms. The fourth-order valence-corrected chi connectivity index (χ4v) is 1.25. The van der Waals surface area contributed by atoms with Crippen molar-refractivity contribution in [3.05, 3.63) is 40.4 Å². The Kier molecular flexibility index (Phi) is 3.78. The Morgan fingerprint density at radius 2 is 1.93 bits per heavy atom. The van der Waals surface area contributed by atoms with Crippen LogP contribution in [0.1, 0.15) is 5.56 Å². The molecule has 0 aliphatic rings. The van der Waals surface area contributed by atoms with E-state index in [0.717, 1.165) is 10.5 Å². The van der Waals surface area contributed by atoms with Crippen LogP contribution >= 0.6 is 15.9 Å². The Labute approximate surface area is 88.8 Å². The number of nitriles is 1. The summed E-state index contributed by atoms with van der Waals surface area (Å²) < 4.78 is 25.7. The Morgan fingerprint density at radius 3 is 2.36 bits per heavy atom. The number of benzene rings is 1. The van der Waals surface area contributed by atoms with Crippen molar-refractivity contribution in [2.45, 2.75) is 6.43 Å². The second-order valence-electron chi connectivity index (χ2n) is 2.54. The molecular weight excluding hydrogens is 253 g/mol. The van der Waals surface area contributed by atoms with E-state index in [1.54, 1.807) is 30.3 Å². The van der Waals surface area contributed by atoms with Crippen LogP contribution in [0.4, 0.5) is 8.78 Å². The van der Waals surface area contributed by atoms with Crippen LogP contribution in [-0.4, -0.2) is 6.43 Å². The summed E-state index contributed by atoms with van der Waals surface area (Å²) in [5, 5.41) is 8.33. The van der Waals surface area contributed by atoms with Crippen molar-refractivity contribution in [3.8, 4) is 6.07 Å². The summed E-state index contributed by atoms with van der Waals surface area (Å²) in [6, 6.07) is 8.00. The molecule has 1 nitrogen and oxygen atoms in total. The zero-order chi connectivity index (χ0) is 10.6. The maximum atomic E-state index is 12.4. The van der Waals surface area contributed by atoms with Crippen LogP contribution in [-0.2, 0) is 0 Å². The number of hydrogen-bond acceptors (Lipinski definition) is 1. The van der Waals surface area contributed by atoms with E-state index in [4.69, 9.17) is 5.26 Å². The van der Waals surface area contributed by atoms with Gasteiger partial charge in [0.1, 0.15) is 0 Å². The molecule has 0 amide bonds. The smallest absolute Gasteiger partial charge is 0.205 e. The fourth-order valence-electron chi connectivity index (χ4n) is 0.984. The molecule has 1 rings (SSSR count). The van der Waals surface area contributed by atoms with Crippen LogP contribution < -0.4 is 0 Å². The molecule has 0 atom stereocenters. The largest absolute Gasteiger partial charge is 0.265 e. The zero-order valence-corrected chi connectivity index (χ0v) is 8.63. The molecule has 0 saturated carbocycles. The van der Waals surface area contributed by atoms with E-state index < -0.39 is 6.43 Å². The van der Waals surface area contributed by atoms with Crippen LogP contribution in [0.5, 0.6) is 0 Å². The van der Waals surface area contributed by atoms with Gasteiger partial charge in [0.25, 0.3) is 6.43 Å². The molecule has 72 valence electrons. The lowest BCUT2D eigenvalue weighted by molar-refractivity contribution is 0.215. The van der Waals surface area contributed by atoms with Crippen molar-refractivity contribution in [3.63, 3.8) is 0 Å². The molecule has 0 unspecified atom stereocenters. The Bertz CT molecular complexity index is 376. The van der Waals surface area contributed by atoms with Crippen molar-refractivity contribution in [2.24, 2.45) is 0 Å². The zero-order valence-electron chi connectivity index (χ0n) is 7.05. The van der Waals surface area contributed by atoms with E-state index in [1.807, 2.05) is 0 Å². The van der Waals surface area contributed by atoms with E-state index in [-0.39, 0.29) is 5.57 Å². The van der Waals surface area contributed by atoms with E-state index in [2.05, 4.69) is 15.9 Å². The molecule has 0 aromatic heterocycles. The minimum absolute atomic E-state index is 0.250. The van der Waals surface area contributed by atoms with Gasteiger partial charge in [-0.3, -0.25) is 0 Å². The summed E-state index contributed by atoms with van der Waals surface area (Å²) in [5.74, 6) is 0. The number of halogens is 3. The first kappa shape index (κ1) is 10.9. The molecule has 0 heterocycles. The van der Waals surface area contributed by atoms with Crippen LogP contribution in [0.15, 0.2) is 34.8 Å².